The highest BCUT2D eigenvalue weighted by Crippen LogP contribution is 2.32. The third-order valence-corrected chi connectivity index (χ3v) is 4.90. The Morgan fingerprint density at radius 2 is 1.96 bits per heavy atom. The smallest absolute Gasteiger partial charge is 0.251 e. The van der Waals surface area contributed by atoms with Crippen LogP contribution in [-0.4, -0.2) is 24.3 Å². The van der Waals surface area contributed by atoms with Crippen LogP contribution in [0.1, 0.15) is 43.5 Å². The number of hydrazine groups is 1. The molecule has 1 aliphatic carbocycles. The van der Waals surface area contributed by atoms with Crippen LogP contribution < -0.4 is 15.8 Å². The van der Waals surface area contributed by atoms with Gasteiger partial charge in [0.05, 0.1) is 17.5 Å². The summed E-state index contributed by atoms with van der Waals surface area (Å²) in [6, 6.07) is 6.79. The summed E-state index contributed by atoms with van der Waals surface area (Å²) in [6.07, 6.45) is 5.97. The zero-order valence-electron chi connectivity index (χ0n) is 15.2. The first kappa shape index (κ1) is 18.2. The molecule has 6 nitrogen and oxygen atoms in total. The molecule has 138 valence electrons. The summed E-state index contributed by atoms with van der Waals surface area (Å²) in [6.45, 7) is 4.81. The van der Waals surface area contributed by atoms with Crippen molar-refractivity contribution in [3.05, 3.63) is 42.0 Å². The number of rotatable bonds is 5. The highest BCUT2D eigenvalue weighted by atomic mass is 16.2. The number of carbonyl (C=O) groups is 3. The molecule has 2 N–H and O–H groups in total. The van der Waals surface area contributed by atoms with Crippen LogP contribution in [0.4, 0.5) is 5.69 Å². The third kappa shape index (κ3) is 3.79. The van der Waals surface area contributed by atoms with E-state index in [1.807, 2.05) is 12.2 Å². The number of anilines is 1. The minimum absolute atomic E-state index is 0.128. The Labute approximate surface area is 153 Å². The number of allylic oxidation sites excluding steroid dienone is 2. The molecule has 0 bridgehead atoms. The van der Waals surface area contributed by atoms with E-state index in [0.29, 0.717) is 36.6 Å². The highest BCUT2D eigenvalue weighted by molar-refractivity contribution is 6.05. The van der Waals surface area contributed by atoms with Gasteiger partial charge in [-0.1, -0.05) is 32.1 Å². The van der Waals surface area contributed by atoms with E-state index in [0.717, 1.165) is 6.42 Å². The van der Waals surface area contributed by atoms with Crippen LogP contribution in [0.15, 0.2) is 36.4 Å². The Bertz CT molecular complexity index is 742. The lowest BCUT2D eigenvalue weighted by molar-refractivity contribution is -0.139. The Morgan fingerprint density at radius 1 is 1.23 bits per heavy atom. The number of hydrogen-bond donors (Lipinski definition) is 2. The first-order valence-electron chi connectivity index (χ1n) is 9.15. The zero-order valence-corrected chi connectivity index (χ0v) is 15.2. The van der Waals surface area contributed by atoms with Gasteiger partial charge in [0, 0.05) is 12.1 Å². The van der Waals surface area contributed by atoms with Crippen LogP contribution in [0.3, 0.4) is 0 Å². The SMILES string of the molecule is CC(C)CCNC(=O)c1cccc(N2NC(=O)[C@H]3CC=CC[C@H]3C2=O)c1. The number of nitrogens with zero attached hydrogens (tertiary/aromatic N) is 1. The van der Waals surface area contributed by atoms with Crippen LogP contribution >= 0.6 is 0 Å². The summed E-state index contributed by atoms with van der Waals surface area (Å²) in [5, 5.41) is 4.17. The molecular weight excluding hydrogens is 330 g/mol. The van der Waals surface area contributed by atoms with Crippen molar-refractivity contribution in [2.75, 3.05) is 11.6 Å². The van der Waals surface area contributed by atoms with E-state index in [1.54, 1.807) is 24.3 Å². The molecule has 0 saturated carbocycles. The summed E-state index contributed by atoms with van der Waals surface area (Å²) in [7, 11) is 0. The fourth-order valence-corrected chi connectivity index (χ4v) is 3.35. The minimum Gasteiger partial charge on any atom is -0.352 e. The van der Waals surface area contributed by atoms with Gasteiger partial charge >= 0.3 is 0 Å². The van der Waals surface area contributed by atoms with Crippen molar-refractivity contribution < 1.29 is 14.4 Å². The number of amides is 3. The predicted octanol–water partition coefficient (Wildman–Crippen LogP) is 2.42. The van der Waals surface area contributed by atoms with Crippen molar-refractivity contribution >= 4 is 23.4 Å². The molecule has 1 aliphatic heterocycles. The Morgan fingerprint density at radius 3 is 2.69 bits per heavy atom. The molecule has 0 unspecified atom stereocenters. The van der Waals surface area contributed by atoms with Gasteiger partial charge in [-0.25, -0.2) is 5.01 Å². The first-order chi connectivity index (χ1) is 12.5. The summed E-state index contributed by atoms with van der Waals surface area (Å²) >= 11 is 0. The van der Waals surface area contributed by atoms with Gasteiger partial charge in [-0.15, -0.1) is 0 Å². The quantitative estimate of drug-likeness (QED) is 0.796. The second kappa shape index (κ2) is 7.72. The zero-order chi connectivity index (χ0) is 18.7. The molecule has 0 aromatic heterocycles. The summed E-state index contributed by atoms with van der Waals surface area (Å²) in [5.41, 5.74) is 3.66. The second-order valence-electron chi connectivity index (χ2n) is 7.29. The standard InChI is InChI=1S/C20H25N3O3/c1-13(2)10-11-21-18(24)14-6-5-7-15(12-14)23-20(26)17-9-4-3-8-16(17)19(25)22-23/h3-7,12-13,16-17H,8-11H2,1-2H3,(H,21,24)(H,22,25)/t16-,17+/m0/s1. The van der Waals surface area contributed by atoms with Crippen LogP contribution in [-0.2, 0) is 9.59 Å². The van der Waals surface area contributed by atoms with Crippen LogP contribution in [0, 0.1) is 17.8 Å². The maximum atomic E-state index is 12.8. The Balaban J connectivity index is 1.75. The molecule has 1 fully saturated rings. The van der Waals surface area contributed by atoms with Crippen LogP contribution in [0.25, 0.3) is 0 Å². The molecule has 1 heterocycles. The molecule has 3 rings (SSSR count). The van der Waals surface area contributed by atoms with Crippen molar-refractivity contribution in [3.63, 3.8) is 0 Å². The van der Waals surface area contributed by atoms with Crippen LogP contribution in [0.5, 0.6) is 0 Å². The molecule has 2 aliphatic rings. The predicted molar refractivity (Wildman–Crippen MR) is 99.2 cm³/mol. The average Bonchev–Trinajstić information content (AvgIpc) is 2.64. The molecule has 1 aromatic carbocycles. The summed E-state index contributed by atoms with van der Waals surface area (Å²) in [5.74, 6) is -0.576. The van der Waals surface area contributed by atoms with E-state index in [2.05, 4.69) is 24.6 Å². The number of fused-ring (bicyclic) bond motifs is 1. The molecular formula is C20H25N3O3. The van der Waals surface area contributed by atoms with Gasteiger partial charge < -0.3 is 5.32 Å². The van der Waals surface area contributed by atoms with Crippen molar-refractivity contribution in [1.29, 1.82) is 0 Å². The summed E-state index contributed by atoms with van der Waals surface area (Å²) in [4.78, 5) is 37.5. The van der Waals surface area contributed by atoms with Gasteiger partial charge in [-0.3, -0.25) is 19.8 Å². The fourth-order valence-electron chi connectivity index (χ4n) is 3.35. The van der Waals surface area contributed by atoms with E-state index in [1.165, 1.54) is 5.01 Å². The number of hydrogen-bond acceptors (Lipinski definition) is 3. The van der Waals surface area contributed by atoms with Gasteiger partial charge in [0.1, 0.15) is 0 Å². The third-order valence-electron chi connectivity index (χ3n) is 4.90. The molecule has 6 heteroatoms. The molecule has 1 saturated heterocycles. The van der Waals surface area contributed by atoms with E-state index < -0.39 is 0 Å². The normalized spacial score (nSPS) is 22.2. The molecule has 26 heavy (non-hydrogen) atoms. The van der Waals surface area contributed by atoms with Gasteiger partial charge in [0.15, 0.2) is 0 Å². The van der Waals surface area contributed by atoms with E-state index in [9.17, 15) is 14.4 Å². The lowest BCUT2D eigenvalue weighted by Crippen LogP contribution is -2.59. The van der Waals surface area contributed by atoms with Crippen molar-refractivity contribution in [1.82, 2.24) is 10.7 Å². The largest absolute Gasteiger partial charge is 0.352 e. The molecule has 3 amide bonds. The second-order valence-corrected chi connectivity index (χ2v) is 7.29. The molecule has 1 aromatic rings. The fraction of sp³-hybridized carbons (Fsp3) is 0.450. The Hall–Kier alpha value is -2.63. The lowest BCUT2D eigenvalue weighted by Gasteiger charge is -2.38. The highest BCUT2D eigenvalue weighted by Gasteiger charge is 2.42. The molecule has 0 radical (unpaired) electrons. The van der Waals surface area contributed by atoms with Gasteiger partial charge in [0.2, 0.25) is 11.8 Å². The van der Waals surface area contributed by atoms with Crippen LogP contribution in [0.2, 0.25) is 0 Å². The van der Waals surface area contributed by atoms with Crippen molar-refractivity contribution in [2.45, 2.75) is 33.1 Å². The van der Waals surface area contributed by atoms with Gasteiger partial charge in [0.25, 0.3) is 5.91 Å². The van der Waals surface area contributed by atoms with Gasteiger partial charge in [-0.05, 0) is 43.4 Å². The summed E-state index contributed by atoms with van der Waals surface area (Å²) < 4.78 is 0. The first-order valence-corrected chi connectivity index (χ1v) is 9.15. The number of carbonyl (C=O) groups excluding carboxylic acids is 3. The van der Waals surface area contributed by atoms with Gasteiger partial charge in [-0.2, -0.15) is 0 Å². The van der Waals surface area contributed by atoms with Crippen molar-refractivity contribution in [2.24, 2.45) is 17.8 Å². The minimum atomic E-state index is -0.336. The lowest BCUT2D eigenvalue weighted by atomic mass is 9.80. The number of benzene rings is 1. The van der Waals surface area contributed by atoms with E-state index in [-0.39, 0.29) is 29.6 Å². The maximum Gasteiger partial charge on any atom is 0.251 e. The number of nitrogens with one attached hydrogen (secondary N) is 2. The van der Waals surface area contributed by atoms with Crippen molar-refractivity contribution in [3.8, 4) is 0 Å². The Kier molecular flexibility index (Phi) is 5.40. The van der Waals surface area contributed by atoms with E-state index >= 15 is 0 Å². The van der Waals surface area contributed by atoms with E-state index in [4.69, 9.17) is 0 Å². The molecule has 0 spiro atoms. The molecule has 2 atom stereocenters. The monoisotopic (exact) mass is 355 g/mol. The maximum absolute atomic E-state index is 12.8. The average molecular weight is 355 g/mol. The topological polar surface area (TPSA) is 78.5 Å².